The Morgan fingerprint density at radius 3 is 2.70 bits per heavy atom. The van der Waals surface area contributed by atoms with E-state index in [0.717, 1.165) is 5.56 Å². The van der Waals surface area contributed by atoms with Crippen molar-refractivity contribution in [2.24, 2.45) is 0 Å². The third-order valence-electron chi connectivity index (χ3n) is 3.48. The quantitative estimate of drug-likeness (QED) is 0.775. The minimum Gasteiger partial charge on any atom is -0.375 e. The predicted octanol–water partition coefficient (Wildman–Crippen LogP) is 2.29. The molecule has 0 aromatic heterocycles. The topological polar surface area (TPSA) is 46.6 Å². The summed E-state index contributed by atoms with van der Waals surface area (Å²) in [6, 6.07) is 9.22. The van der Waals surface area contributed by atoms with Gasteiger partial charge in [-0.1, -0.05) is 30.3 Å². The molecule has 0 bridgehead atoms. The Balaban J connectivity index is 1.73. The lowest BCUT2D eigenvalue weighted by Gasteiger charge is -2.31. The Morgan fingerprint density at radius 2 is 2.00 bits per heavy atom. The van der Waals surface area contributed by atoms with E-state index in [-0.39, 0.29) is 17.8 Å². The molecular weight excluding hydrogens is 254 g/mol. The molecule has 0 N–H and O–H groups in total. The van der Waals surface area contributed by atoms with Crippen LogP contribution in [0, 0.1) is 0 Å². The third kappa shape index (κ3) is 4.17. The van der Waals surface area contributed by atoms with Gasteiger partial charge in [-0.3, -0.25) is 9.59 Å². The van der Waals surface area contributed by atoms with Gasteiger partial charge in [0.15, 0.2) is 5.78 Å². The first-order valence-corrected chi connectivity index (χ1v) is 7.14. The normalized spacial score (nSPS) is 18.9. The average molecular weight is 275 g/mol. The van der Waals surface area contributed by atoms with Gasteiger partial charge >= 0.3 is 0 Å². The van der Waals surface area contributed by atoms with E-state index in [0.29, 0.717) is 39.0 Å². The van der Waals surface area contributed by atoms with E-state index >= 15 is 0 Å². The Kier molecular flexibility index (Phi) is 5.30. The van der Waals surface area contributed by atoms with E-state index in [2.05, 4.69) is 0 Å². The summed E-state index contributed by atoms with van der Waals surface area (Å²) < 4.78 is 5.41. The first kappa shape index (κ1) is 14.7. The van der Waals surface area contributed by atoms with Gasteiger partial charge in [-0.25, -0.2) is 0 Å². The van der Waals surface area contributed by atoms with Crippen molar-refractivity contribution in [1.82, 2.24) is 4.90 Å². The summed E-state index contributed by atoms with van der Waals surface area (Å²) in [6.45, 7) is 3.90. The van der Waals surface area contributed by atoms with E-state index in [1.54, 1.807) is 0 Å². The highest BCUT2D eigenvalue weighted by molar-refractivity contribution is 5.96. The second kappa shape index (κ2) is 7.20. The van der Waals surface area contributed by atoms with Crippen LogP contribution >= 0.6 is 0 Å². The Labute approximate surface area is 119 Å². The minimum absolute atomic E-state index is 0.105. The molecule has 2 rings (SSSR count). The number of Topliss-reactive ketones (excluding diaryl/α,β-unsaturated/α-hetero) is 1. The van der Waals surface area contributed by atoms with Crippen LogP contribution in [0.25, 0.3) is 0 Å². The van der Waals surface area contributed by atoms with Crippen molar-refractivity contribution in [1.29, 1.82) is 0 Å². The molecule has 108 valence electrons. The van der Waals surface area contributed by atoms with Crippen molar-refractivity contribution in [3.8, 4) is 0 Å². The molecule has 1 atom stereocenters. The molecule has 1 heterocycles. The van der Waals surface area contributed by atoms with E-state index in [4.69, 9.17) is 4.74 Å². The molecule has 1 aliphatic rings. The molecule has 4 nitrogen and oxygen atoms in total. The van der Waals surface area contributed by atoms with Crippen LogP contribution in [0.15, 0.2) is 30.3 Å². The SMILES string of the molecule is CC1CN(C(=O)CCCC(=O)c2ccccc2)CCO1. The predicted molar refractivity (Wildman–Crippen MR) is 76.6 cm³/mol. The number of rotatable bonds is 5. The number of carbonyl (C=O) groups is 2. The number of hydrogen-bond acceptors (Lipinski definition) is 3. The third-order valence-corrected chi connectivity index (χ3v) is 3.48. The van der Waals surface area contributed by atoms with Crippen LogP contribution in [0.3, 0.4) is 0 Å². The van der Waals surface area contributed by atoms with Crippen LogP contribution in [0.5, 0.6) is 0 Å². The summed E-state index contributed by atoms with van der Waals surface area (Å²) in [7, 11) is 0. The molecular formula is C16H21NO3. The molecule has 20 heavy (non-hydrogen) atoms. The summed E-state index contributed by atoms with van der Waals surface area (Å²) in [5, 5.41) is 0. The lowest BCUT2D eigenvalue weighted by atomic mass is 10.1. The van der Waals surface area contributed by atoms with Crippen LogP contribution < -0.4 is 0 Å². The summed E-state index contributed by atoms with van der Waals surface area (Å²) in [5.41, 5.74) is 0.722. The van der Waals surface area contributed by atoms with Crippen molar-refractivity contribution < 1.29 is 14.3 Å². The highest BCUT2D eigenvalue weighted by Gasteiger charge is 2.21. The fourth-order valence-corrected chi connectivity index (χ4v) is 2.37. The summed E-state index contributed by atoms with van der Waals surface area (Å²) in [5.74, 6) is 0.231. The standard InChI is InChI=1S/C16H21NO3/c1-13-12-17(10-11-20-13)16(19)9-5-8-15(18)14-6-3-2-4-7-14/h2-4,6-7,13H,5,8-12H2,1H3. The summed E-state index contributed by atoms with van der Waals surface area (Å²) in [6.07, 6.45) is 1.58. The van der Waals surface area contributed by atoms with Gasteiger partial charge in [0.1, 0.15) is 0 Å². The largest absolute Gasteiger partial charge is 0.375 e. The molecule has 1 aromatic rings. The smallest absolute Gasteiger partial charge is 0.222 e. The maximum Gasteiger partial charge on any atom is 0.222 e. The zero-order chi connectivity index (χ0) is 14.4. The molecule has 0 radical (unpaired) electrons. The van der Waals surface area contributed by atoms with Gasteiger partial charge in [0.2, 0.25) is 5.91 Å². The van der Waals surface area contributed by atoms with Crippen LogP contribution in [0.1, 0.15) is 36.5 Å². The van der Waals surface area contributed by atoms with Crippen molar-refractivity contribution in [2.45, 2.75) is 32.3 Å². The summed E-state index contributed by atoms with van der Waals surface area (Å²) >= 11 is 0. The van der Waals surface area contributed by atoms with E-state index in [1.807, 2.05) is 42.2 Å². The molecule has 1 unspecified atom stereocenters. The maximum absolute atomic E-state index is 12.0. The molecule has 0 saturated carbocycles. The summed E-state index contributed by atoms with van der Waals surface area (Å²) in [4.78, 5) is 25.8. The number of nitrogens with zero attached hydrogens (tertiary/aromatic N) is 1. The van der Waals surface area contributed by atoms with Crippen LogP contribution in [-0.4, -0.2) is 42.4 Å². The highest BCUT2D eigenvalue weighted by atomic mass is 16.5. The first-order valence-electron chi connectivity index (χ1n) is 7.14. The molecule has 1 saturated heterocycles. The van der Waals surface area contributed by atoms with Gasteiger partial charge in [0.05, 0.1) is 12.7 Å². The number of ether oxygens (including phenoxy) is 1. The molecule has 0 aliphatic carbocycles. The highest BCUT2D eigenvalue weighted by Crippen LogP contribution is 2.10. The minimum atomic E-state index is 0.105. The van der Waals surface area contributed by atoms with Gasteiger partial charge in [-0.05, 0) is 13.3 Å². The lowest BCUT2D eigenvalue weighted by molar-refractivity contribution is -0.138. The molecule has 1 amide bonds. The number of amides is 1. The van der Waals surface area contributed by atoms with Gasteiger partial charge in [0, 0.05) is 31.5 Å². The second-order valence-electron chi connectivity index (χ2n) is 5.16. The molecule has 1 fully saturated rings. The van der Waals surface area contributed by atoms with E-state index in [9.17, 15) is 9.59 Å². The molecule has 1 aliphatic heterocycles. The van der Waals surface area contributed by atoms with E-state index in [1.165, 1.54) is 0 Å². The van der Waals surface area contributed by atoms with Crippen molar-refractivity contribution in [3.63, 3.8) is 0 Å². The fraction of sp³-hybridized carbons (Fsp3) is 0.500. The average Bonchev–Trinajstić information content (AvgIpc) is 2.48. The van der Waals surface area contributed by atoms with Gasteiger partial charge in [-0.15, -0.1) is 0 Å². The zero-order valence-corrected chi connectivity index (χ0v) is 11.9. The van der Waals surface area contributed by atoms with Crippen molar-refractivity contribution in [2.75, 3.05) is 19.7 Å². The number of hydrogen-bond donors (Lipinski definition) is 0. The Morgan fingerprint density at radius 1 is 1.25 bits per heavy atom. The van der Waals surface area contributed by atoms with Crippen LogP contribution in [0.4, 0.5) is 0 Å². The van der Waals surface area contributed by atoms with Gasteiger partial charge in [-0.2, -0.15) is 0 Å². The number of ketones is 1. The second-order valence-corrected chi connectivity index (χ2v) is 5.16. The molecule has 4 heteroatoms. The Bertz CT molecular complexity index is 458. The molecule has 1 aromatic carbocycles. The lowest BCUT2D eigenvalue weighted by Crippen LogP contribution is -2.44. The van der Waals surface area contributed by atoms with E-state index < -0.39 is 0 Å². The number of carbonyl (C=O) groups excluding carboxylic acids is 2. The van der Waals surface area contributed by atoms with Gasteiger partial charge in [0.25, 0.3) is 0 Å². The fourth-order valence-electron chi connectivity index (χ4n) is 2.37. The first-order chi connectivity index (χ1) is 9.66. The molecule has 0 spiro atoms. The monoisotopic (exact) mass is 275 g/mol. The van der Waals surface area contributed by atoms with Crippen molar-refractivity contribution in [3.05, 3.63) is 35.9 Å². The Hall–Kier alpha value is -1.68. The van der Waals surface area contributed by atoms with Gasteiger partial charge < -0.3 is 9.64 Å². The van der Waals surface area contributed by atoms with Crippen molar-refractivity contribution >= 4 is 11.7 Å². The van der Waals surface area contributed by atoms with Crippen LogP contribution in [0.2, 0.25) is 0 Å². The number of morpholine rings is 1. The zero-order valence-electron chi connectivity index (χ0n) is 11.9. The number of benzene rings is 1. The van der Waals surface area contributed by atoms with Crippen LogP contribution in [-0.2, 0) is 9.53 Å². The maximum atomic E-state index is 12.0.